The number of ether oxygens (including phenoxy) is 1. The second-order valence-electron chi connectivity index (χ2n) is 9.44. The van der Waals surface area contributed by atoms with Crippen LogP contribution in [0.2, 0.25) is 0 Å². The Bertz CT molecular complexity index is 1280. The Morgan fingerprint density at radius 3 is 2.82 bits per heavy atom. The summed E-state index contributed by atoms with van der Waals surface area (Å²) in [4.78, 5) is 14.0. The molecule has 0 bridgehead atoms. The molecular weight excluding hydrogens is 428 g/mol. The van der Waals surface area contributed by atoms with Crippen LogP contribution in [-0.2, 0) is 4.79 Å². The van der Waals surface area contributed by atoms with E-state index in [1.165, 1.54) is 25.3 Å². The Kier molecular flexibility index (Phi) is 5.86. The van der Waals surface area contributed by atoms with Crippen LogP contribution in [0.4, 0.5) is 0 Å². The molecule has 1 saturated carbocycles. The largest absolute Gasteiger partial charge is 0.488 e. The highest BCUT2D eigenvalue weighted by molar-refractivity contribution is 5.87. The van der Waals surface area contributed by atoms with Crippen LogP contribution in [0.25, 0.3) is 16.6 Å². The number of carbonyl (C=O) groups is 1. The number of aromatic nitrogens is 4. The zero-order valence-electron chi connectivity index (χ0n) is 19.8. The van der Waals surface area contributed by atoms with E-state index >= 15 is 0 Å². The summed E-state index contributed by atoms with van der Waals surface area (Å²) in [5, 5.41) is 18.7. The lowest BCUT2D eigenvalue weighted by Gasteiger charge is -2.32. The van der Waals surface area contributed by atoms with E-state index in [1.54, 1.807) is 10.7 Å². The fourth-order valence-corrected chi connectivity index (χ4v) is 5.17. The smallest absolute Gasteiger partial charge is 0.246 e. The fraction of sp³-hybridized carbons (Fsp3) is 0.462. The van der Waals surface area contributed by atoms with Crippen molar-refractivity contribution in [3.8, 4) is 22.9 Å². The quantitative estimate of drug-likeness (QED) is 0.514. The van der Waals surface area contributed by atoms with Gasteiger partial charge in [0, 0.05) is 36.1 Å². The first-order chi connectivity index (χ1) is 16.5. The zero-order valence-corrected chi connectivity index (χ0v) is 19.8. The molecule has 2 fully saturated rings. The van der Waals surface area contributed by atoms with Crippen molar-refractivity contribution in [3.05, 3.63) is 48.6 Å². The average molecular weight is 459 g/mol. The van der Waals surface area contributed by atoms with Gasteiger partial charge in [-0.1, -0.05) is 13.0 Å². The van der Waals surface area contributed by atoms with Crippen molar-refractivity contribution in [2.75, 3.05) is 13.1 Å². The highest BCUT2D eigenvalue weighted by Crippen LogP contribution is 2.36. The maximum Gasteiger partial charge on any atom is 0.246 e. The summed E-state index contributed by atoms with van der Waals surface area (Å²) in [5.41, 5.74) is 4.17. The molecule has 0 radical (unpaired) electrons. The van der Waals surface area contributed by atoms with Crippen molar-refractivity contribution in [3.63, 3.8) is 0 Å². The molecule has 0 aromatic carbocycles. The van der Waals surface area contributed by atoms with Crippen LogP contribution in [0.5, 0.6) is 5.75 Å². The number of hydrogen-bond acceptors (Lipinski definition) is 5. The fourth-order valence-electron chi connectivity index (χ4n) is 5.17. The van der Waals surface area contributed by atoms with Gasteiger partial charge in [0.2, 0.25) is 5.91 Å². The number of pyridine rings is 1. The van der Waals surface area contributed by atoms with Gasteiger partial charge in [-0.2, -0.15) is 15.5 Å². The summed E-state index contributed by atoms with van der Waals surface area (Å²) < 4.78 is 10.2. The molecule has 4 heterocycles. The van der Waals surface area contributed by atoms with Crippen LogP contribution in [0.1, 0.15) is 56.3 Å². The zero-order chi connectivity index (χ0) is 23.8. The molecular formula is C26H30N6O2. The third kappa shape index (κ3) is 3.85. The lowest BCUT2D eigenvalue weighted by atomic mass is 9.82. The Labute approximate surface area is 199 Å². The van der Waals surface area contributed by atoms with Crippen molar-refractivity contribution in [2.45, 2.75) is 58.1 Å². The number of hydrogen-bond donors (Lipinski definition) is 0. The average Bonchev–Trinajstić information content (AvgIpc) is 3.40. The van der Waals surface area contributed by atoms with Crippen molar-refractivity contribution >= 4 is 11.4 Å². The minimum atomic E-state index is -0.0328. The minimum Gasteiger partial charge on any atom is -0.488 e. The molecule has 3 aromatic rings. The molecule has 176 valence electrons. The third-order valence-electron chi connectivity index (χ3n) is 7.41. The van der Waals surface area contributed by atoms with E-state index in [0.717, 1.165) is 36.2 Å². The molecule has 0 spiro atoms. The first-order valence-corrected chi connectivity index (χ1v) is 12.0. The van der Waals surface area contributed by atoms with Crippen LogP contribution >= 0.6 is 0 Å². The summed E-state index contributed by atoms with van der Waals surface area (Å²) in [5.74, 6) is 1.20. The van der Waals surface area contributed by atoms with Gasteiger partial charge in [0.1, 0.15) is 22.9 Å². The number of amides is 1. The number of fused-ring (bicyclic) bond motifs is 1. The molecule has 5 rings (SSSR count). The lowest BCUT2D eigenvalue weighted by molar-refractivity contribution is -0.127. The molecule has 0 N–H and O–H groups in total. The topological polar surface area (TPSA) is 88.5 Å². The van der Waals surface area contributed by atoms with E-state index in [9.17, 15) is 10.1 Å². The van der Waals surface area contributed by atoms with Crippen molar-refractivity contribution < 1.29 is 9.53 Å². The molecule has 34 heavy (non-hydrogen) atoms. The van der Waals surface area contributed by atoms with Gasteiger partial charge >= 0.3 is 0 Å². The monoisotopic (exact) mass is 458 g/mol. The van der Waals surface area contributed by atoms with Gasteiger partial charge in [0.05, 0.1) is 24.5 Å². The second-order valence-corrected chi connectivity index (χ2v) is 9.44. The standard InChI is InChI=1S/C26H30N6O2/c1-4-25(33)30-10-6-9-22(16-30)32-17(2)23(14-29-32)20-11-24(34-18(3)19-7-5-8-19)26-21(12-27)13-28-31(26)15-20/h4,11,13-15,18-19,22H,1,5-10,16H2,2-3H3/t18-,22?/m1/s1. The van der Waals surface area contributed by atoms with E-state index < -0.39 is 0 Å². The van der Waals surface area contributed by atoms with E-state index in [2.05, 4.69) is 31.6 Å². The number of rotatable bonds is 6. The molecule has 8 heteroatoms. The van der Waals surface area contributed by atoms with Crippen molar-refractivity contribution in [1.82, 2.24) is 24.3 Å². The molecule has 1 amide bonds. The van der Waals surface area contributed by atoms with Gasteiger partial charge in [0.15, 0.2) is 0 Å². The highest BCUT2D eigenvalue weighted by Gasteiger charge is 2.28. The minimum absolute atomic E-state index is 0.0328. The molecule has 1 aliphatic heterocycles. The molecule has 8 nitrogen and oxygen atoms in total. The van der Waals surface area contributed by atoms with Crippen LogP contribution < -0.4 is 4.74 Å². The Morgan fingerprint density at radius 2 is 2.12 bits per heavy atom. The van der Waals surface area contributed by atoms with Gasteiger partial charge in [-0.05, 0) is 57.6 Å². The first-order valence-electron chi connectivity index (χ1n) is 12.0. The number of piperidine rings is 1. The van der Waals surface area contributed by atoms with Gasteiger partial charge in [-0.15, -0.1) is 0 Å². The Balaban J connectivity index is 1.50. The number of nitrogens with zero attached hydrogens (tertiary/aromatic N) is 6. The molecule has 3 aromatic heterocycles. The number of nitriles is 1. The van der Waals surface area contributed by atoms with E-state index in [1.807, 2.05) is 28.0 Å². The normalized spacial score (nSPS) is 19.4. The summed E-state index contributed by atoms with van der Waals surface area (Å²) >= 11 is 0. The Morgan fingerprint density at radius 1 is 1.29 bits per heavy atom. The van der Waals surface area contributed by atoms with E-state index in [0.29, 0.717) is 29.3 Å². The Hall–Kier alpha value is -3.60. The molecule has 1 aliphatic carbocycles. The van der Waals surface area contributed by atoms with Gasteiger partial charge in [0.25, 0.3) is 0 Å². The molecule has 2 aliphatic rings. The maximum atomic E-state index is 12.1. The van der Waals surface area contributed by atoms with E-state index in [4.69, 9.17) is 9.84 Å². The first kappa shape index (κ1) is 22.2. The number of carbonyl (C=O) groups excluding carboxylic acids is 1. The maximum absolute atomic E-state index is 12.1. The predicted octanol–water partition coefficient (Wildman–Crippen LogP) is 4.29. The van der Waals surface area contributed by atoms with Gasteiger partial charge < -0.3 is 9.64 Å². The SMILES string of the molecule is C=CC(=O)N1CCCC(n2ncc(-c3cc(O[C@H](C)C4CCC4)c4c(C#N)cnn4c3)c2C)C1. The summed E-state index contributed by atoms with van der Waals surface area (Å²) in [6.45, 7) is 9.17. The summed E-state index contributed by atoms with van der Waals surface area (Å²) in [6, 6.07) is 4.37. The van der Waals surface area contributed by atoms with Gasteiger partial charge in [-0.3, -0.25) is 9.48 Å². The van der Waals surface area contributed by atoms with Crippen LogP contribution in [0, 0.1) is 24.2 Å². The summed E-state index contributed by atoms with van der Waals surface area (Å²) in [6.07, 6.45) is 12.4. The molecule has 1 saturated heterocycles. The van der Waals surface area contributed by atoms with Crippen LogP contribution in [0.3, 0.4) is 0 Å². The summed E-state index contributed by atoms with van der Waals surface area (Å²) in [7, 11) is 0. The molecule has 2 atom stereocenters. The molecule has 1 unspecified atom stereocenters. The third-order valence-corrected chi connectivity index (χ3v) is 7.41. The van der Waals surface area contributed by atoms with Crippen LogP contribution in [0.15, 0.2) is 37.3 Å². The van der Waals surface area contributed by atoms with Crippen molar-refractivity contribution in [1.29, 1.82) is 5.26 Å². The second kappa shape index (κ2) is 8.98. The number of likely N-dealkylation sites (tertiary alicyclic amines) is 1. The van der Waals surface area contributed by atoms with Crippen molar-refractivity contribution in [2.24, 2.45) is 5.92 Å². The predicted molar refractivity (Wildman–Crippen MR) is 128 cm³/mol. The van der Waals surface area contributed by atoms with E-state index in [-0.39, 0.29) is 18.1 Å². The highest BCUT2D eigenvalue weighted by atomic mass is 16.5. The van der Waals surface area contributed by atoms with Gasteiger partial charge in [-0.25, -0.2) is 4.52 Å². The lowest BCUT2D eigenvalue weighted by Crippen LogP contribution is -2.40. The van der Waals surface area contributed by atoms with Crippen LogP contribution in [-0.4, -0.2) is 49.4 Å².